The molecule has 0 saturated carbocycles. The molecule has 2 fully saturated rings. The van der Waals surface area contributed by atoms with Gasteiger partial charge in [0.05, 0.1) is 36.5 Å². The van der Waals surface area contributed by atoms with Crippen LogP contribution in [-0.2, 0) is 4.74 Å². The molecule has 2 saturated heterocycles. The number of hydrogen-bond donors (Lipinski definition) is 2. The first-order valence-corrected chi connectivity index (χ1v) is 14.9. The lowest BCUT2D eigenvalue weighted by Gasteiger charge is -2.41. The summed E-state index contributed by atoms with van der Waals surface area (Å²) in [5, 5.41) is 12.5. The number of halogens is 1. The van der Waals surface area contributed by atoms with Gasteiger partial charge in [-0.25, -0.2) is 0 Å². The molecule has 2 aliphatic rings. The van der Waals surface area contributed by atoms with E-state index in [4.69, 9.17) is 21.1 Å². The van der Waals surface area contributed by atoms with Crippen molar-refractivity contribution in [1.29, 1.82) is 0 Å². The molecular formula is C33H37ClN4O3. The lowest BCUT2D eigenvalue weighted by atomic mass is 9.96. The van der Waals surface area contributed by atoms with Crippen LogP contribution in [0, 0.1) is 5.92 Å². The second-order valence-electron chi connectivity index (χ2n) is 11.6. The third kappa shape index (κ3) is 6.27. The first-order valence-electron chi connectivity index (χ1n) is 14.6. The molecule has 1 aromatic heterocycles. The number of H-pyrrole nitrogens is 1. The molecule has 4 aromatic rings. The minimum absolute atomic E-state index is 0.135. The molecule has 8 heteroatoms. The predicted octanol–water partition coefficient (Wildman–Crippen LogP) is 6.64. The van der Waals surface area contributed by atoms with Crippen LogP contribution < -0.4 is 10.1 Å². The van der Waals surface area contributed by atoms with E-state index in [0.717, 1.165) is 79.0 Å². The first kappa shape index (κ1) is 27.8. The number of carbonyl (C=O) groups is 1. The van der Waals surface area contributed by atoms with Gasteiger partial charge in [0.2, 0.25) is 0 Å². The van der Waals surface area contributed by atoms with Gasteiger partial charge in [0, 0.05) is 34.6 Å². The van der Waals surface area contributed by atoms with Crippen molar-refractivity contribution in [2.75, 3.05) is 26.3 Å². The largest absolute Gasteiger partial charge is 0.490 e. The van der Waals surface area contributed by atoms with Gasteiger partial charge in [0.15, 0.2) is 0 Å². The van der Waals surface area contributed by atoms with Crippen molar-refractivity contribution in [1.82, 2.24) is 20.4 Å². The fourth-order valence-corrected chi connectivity index (χ4v) is 6.05. The lowest BCUT2D eigenvalue weighted by molar-refractivity contribution is -0.0778. The zero-order valence-electron chi connectivity index (χ0n) is 23.6. The molecule has 2 aliphatic heterocycles. The SMILES string of the molecule is CC(C)CC(NC(=O)c1ccc2[nH]nc(-c3ccc(OC4CCN(C5COC5)CC4)cc3)c2c1)c1ccccc1Cl. The summed E-state index contributed by atoms with van der Waals surface area (Å²) in [5.74, 6) is 1.13. The fourth-order valence-electron chi connectivity index (χ4n) is 5.79. The molecule has 0 spiro atoms. The molecule has 1 atom stereocenters. The Hall–Kier alpha value is -3.39. The Labute approximate surface area is 246 Å². The monoisotopic (exact) mass is 572 g/mol. The Balaban J connectivity index is 1.15. The standard InChI is InChI=1S/C33H37ClN4O3/c1-21(2)17-31(27-5-3-4-6-29(27)34)35-33(39)23-9-12-30-28(18-23)32(37-36-30)22-7-10-25(11-8-22)41-26-13-15-38(16-14-26)24-19-40-20-24/h3-12,18,21,24,26,31H,13-17,19-20H2,1-2H3,(H,35,39)(H,36,37). The number of hydrogen-bond acceptors (Lipinski definition) is 5. The van der Waals surface area contributed by atoms with Crippen molar-refractivity contribution in [3.8, 4) is 17.0 Å². The summed E-state index contributed by atoms with van der Waals surface area (Å²) in [4.78, 5) is 16.0. The zero-order chi connectivity index (χ0) is 28.3. The van der Waals surface area contributed by atoms with E-state index in [2.05, 4.69) is 34.3 Å². The van der Waals surface area contributed by atoms with E-state index in [0.29, 0.717) is 22.5 Å². The molecule has 214 valence electrons. The molecule has 41 heavy (non-hydrogen) atoms. The maximum Gasteiger partial charge on any atom is 0.251 e. The number of aromatic amines is 1. The van der Waals surface area contributed by atoms with Crippen molar-refractivity contribution in [3.05, 3.63) is 82.9 Å². The average molecular weight is 573 g/mol. The fraction of sp³-hybridized carbons (Fsp3) is 0.394. The summed E-state index contributed by atoms with van der Waals surface area (Å²) in [6.45, 7) is 8.13. The highest BCUT2D eigenvalue weighted by Gasteiger charge is 2.30. The van der Waals surface area contributed by atoms with Gasteiger partial charge >= 0.3 is 0 Å². The van der Waals surface area contributed by atoms with Crippen LogP contribution in [0.15, 0.2) is 66.7 Å². The van der Waals surface area contributed by atoms with Crippen molar-refractivity contribution >= 4 is 28.4 Å². The normalized spacial score (nSPS) is 17.5. The quantitative estimate of drug-likeness (QED) is 0.235. The molecular weight excluding hydrogens is 536 g/mol. The number of nitrogens with one attached hydrogen (secondary N) is 2. The molecule has 1 unspecified atom stereocenters. The summed E-state index contributed by atoms with van der Waals surface area (Å²) in [7, 11) is 0. The molecule has 0 aliphatic carbocycles. The Morgan fingerprint density at radius 3 is 2.54 bits per heavy atom. The van der Waals surface area contributed by atoms with Crippen LogP contribution in [0.5, 0.6) is 5.75 Å². The Morgan fingerprint density at radius 2 is 1.85 bits per heavy atom. The Kier molecular flexibility index (Phi) is 8.28. The van der Waals surface area contributed by atoms with Gasteiger partial charge in [-0.2, -0.15) is 5.10 Å². The van der Waals surface area contributed by atoms with Crippen LogP contribution in [0.1, 0.15) is 55.1 Å². The number of amides is 1. The van der Waals surface area contributed by atoms with Gasteiger partial charge in [-0.1, -0.05) is 43.6 Å². The van der Waals surface area contributed by atoms with Crippen LogP contribution in [0.25, 0.3) is 22.2 Å². The Morgan fingerprint density at radius 1 is 1.10 bits per heavy atom. The number of piperidine rings is 1. The molecule has 0 bridgehead atoms. The molecule has 2 N–H and O–H groups in total. The summed E-state index contributed by atoms with van der Waals surface area (Å²) >= 11 is 6.50. The maximum atomic E-state index is 13.4. The molecule has 3 heterocycles. The number of aromatic nitrogens is 2. The van der Waals surface area contributed by atoms with E-state index in [1.54, 1.807) is 0 Å². The third-order valence-electron chi connectivity index (χ3n) is 8.16. The van der Waals surface area contributed by atoms with Gasteiger partial charge in [-0.15, -0.1) is 0 Å². The van der Waals surface area contributed by atoms with E-state index in [1.165, 1.54) is 0 Å². The zero-order valence-corrected chi connectivity index (χ0v) is 24.4. The van der Waals surface area contributed by atoms with E-state index in [9.17, 15) is 4.79 Å². The number of likely N-dealkylation sites (tertiary alicyclic amines) is 1. The second kappa shape index (κ2) is 12.2. The molecule has 7 nitrogen and oxygen atoms in total. The van der Waals surface area contributed by atoms with Gasteiger partial charge in [-0.3, -0.25) is 14.8 Å². The predicted molar refractivity (Wildman–Crippen MR) is 162 cm³/mol. The van der Waals surface area contributed by atoms with Crippen molar-refractivity contribution < 1.29 is 14.3 Å². The Bertz CT molecular complexity index is 1490. The van der Waals surface area contributed by atoms with Crippen molar-refractivity contribution in [2.45, 2.75) is 51.3 Å². The van der Waals surface area contributed by atoms with E-state index in [1.807, 2.05) is 66.7 Å². The molecule has 1 amide bonds. The van der Waals surface area contributed by atoms with Gasteiger partial charge in [0.25, 0.3) is 5.91 Å². The number of benzene rings is 3. The number of ether oxygens (including phenoxy) is 2. The third-order valence-corrected chi connectivity index (χ3v) is 8.51. The summed E-state index contributed by atoms with van der Waals surface area (Å²) < 4.78 is 11.6. The van der Waals surface area contributed by atoms with Crippen LogP contribution >= 0.6 is 11.6 Å². The topological polar surface area (TPSA) is 79.5 Å². The lowest BCUT2D eigenvalue weighted by Crippen LogP contribution is -2.52. The highest BCUT2D eigenvalue weighted by atomic mass is 35.5. The van der Waals surface area contributed by atoms with Gasteiger partial charge < -0.3 is 14.8 Å². The summed E-state index contributed by atoms with van der Waals surface area (Å²) in [6.07, 6.45) is 3.08. The highest BCUT2D eigenvalue weighted by Crippen LogP contribution is 2.31. The van der Waals surface area contributed by atoms with E-state index >= 15 is 0 Å². The number of nitrogens with zero attached hydrogens (tertiary/aromatic N) is 2. The molecule has 6 rings (SSSR count). The number of rotatable bonds is 9. The van der Waals surface area contributed by atoms with E-state index < -0.39 is 0 Å². The number of fused-ring (bicyclic) bond motifs is 1. The van der Waals surface area contributed by atoms with Crippen molar-refractivity contribution in [2.24, 2.45) is 5.92 Å². The second-order valence-corrected chi connectivity index (χ2v) is 12.0. The molecule has 0 radical (unpaired) electrons. The smallest absolute Gasteiger partial charge is 0.251 e. The van der Waals surface area contributed by atoms with Crippen LogP contribution in [0.4, 0.5) is 0 Å². The van der Waals surface area contributed by atoms with Crippen molar-refractivity contribution in [3.63, 3.8) is 0 Å². The van der Waals surface area contributed by atoms with Crippen LogP contribution in [0.3, 0.4) is 0 Å². The van der Waals surface area contributed by atoms with Crippen LogP contribution in [0.2, 0.25) is 5.02 Å². The van der Waals surface area contributed by atoms with Gasteiger partial charge in [-0.05, 0) is 79.3 Å². The summed E-state index contributed by atoms with van der Waals surface area (Å²) in [6, 6.07) is 21.9. The van der Waals surface area contributed by atoms with Crippen LogP contribution in [-0.4, -0.2) is 59.5 Å². The average Bonchev–Trinajstić information content (AvgIpc) is 3.37. The summed E-state index contributed by atoms with van der Waals surface area (Å²) in [5.41, 5.74) is 4.17. The minimum atomic E-state index is -0.178. The highest BCUT2D eigenvalue weighted by molar-refractivity contribution is 6.31. The first-order chi connectivity index (χ1) is 19.9. The number of carbonyl (C=O) groups excluding carboxylic acids is 1. The van der Waals surface area contributed by atoms with Gasteiger partial charge in [0.1, 0.15) is 11.9 Å². The minimum Gasteiger partial charge on any atom is -0.490 e. The maximum absolute atomic E-state index is 13.4. The van der Waals surface area contributed by atoms with E-state index in [-0.39, 0.29) is 18.1 Å². The molecule has 3 aromatic carbocycles.